The summed E-state index contributed by atoms with van der Waals surface area (Å²) >= 11 is 1.43. The van der Waals surface area contributed by atoms with Crippen molar-refractivity contribution >= 4 is 17.4 Å². The van der Waals surface area contributed by atoms with E-state index in [1.54, 1.807) is 18.5 Å². The first-order valence-electron chi connectivity index (χ1n) is 4.32. The minimum absolute atomic E-state index is 0.447. The van der Waals surface area contributed by atoms with Crippen molar-refractivity contribution in [3.05, 3.63) is 48.2 Å². The first-order chi connectivity index (χ1) is 7.25. The largest absolute Gasteiger partial charge is 0.236 e. The van der Waals surface area contributed by atoms with Crippen LogP contribution in [0.2, 0.25) is 0 Å². The van der Waals surface area contributed by atoms with Gasteiger partial charge in [-0.3, -0.25) is 0 Å². The molecule has 0 unspecified atom stereocenters. The molecular weight excluding hydrogens is 211 g/mol. The maximum atomic E-state index is 12.5. The molecule has 0 saturated heterocycles. The molecule has 0 aromatic carbocycles. The Morgan fingerprint density at radius 2 is 2.07 bits per heavy atom. The van der Waals surface area contributed by atoms with E-state index in [1.165, 1.54) is 17.4 Å². The van der Waals surface area contributed by atoms with Gasteiger partial charge >= 0.3 is 0 Å². The van der Waals surface area contributed by atoms with Gasteiger partial charge in [-0.25, -0.2) is 14.4 Å². The third-order valence-corrected chi connectivity index (χ3v) is 2.74. The lowest BCUT2D eigenvalue weighted by Gasteiger charge is -1.91. The van der Waals surface area contributed by atoms with E-state index in [9.17, 15) is 4.39 Å². The van der Waals surface area contributed by atoms with Gasteiger partial charge in [0.25, 0.3) is 0 Å². The maximum absolute atomic E-state index is 12.5. The smallest absolute Gasteiger partial charge is 0.169 e. The second-order valence-electron chi connectivity index (χ2n) is 2.87. The van der Waals surface area contributed by atoms with E-state index in [2.05, 4.69) is 16.9 Å². The molecule has 0 N–H and O–H groups in total. The summed E-state index contributed by atoms with van der Waals surface area (Å²) in [7, 11) is 0. The van der Waals surface area contributed by atoms with Crippen molar-refractivity contribution in [3.63, 3.8) is 0 Å². The van der Waals surface area contributed by atoms with E-state index >= 15 is 0 Å². The van der Waals surface area contributed by atoms with Crippen LogP contribution in [-0.4, -0.2) is 9.97 Å². The Labute approximate surface area is 91.1 Å². The van der Waals surface area contributed by atoms with Gasteiger partial charge in [-0.15, -0.1) is 11.3 Å². The van der Waals surface area contributed by atoms with Gasteiger partial charge < -0.3 is 0 Å². The zero-order valence-corrected chi connectivity index (χ0v) is 8.67. The molecule has 15 heavy (non-hydrogen) atoms. The van der Waals surface area contributed by atoms with Crippen LogP contribution >= 0.6 is 11.3 Å². The monoisotopic (exact) mass is 219 g/mol. The van der Waals surface area contributed by atoms with Crippen molar-refractivity contribution in [2.75, 3.05) is 0 Å². The Hall–Kier alpha value is -1.55. The molecule has 2 nitrogen and oxygen atoms in total. The number of halogens is 1. The third-order valence-electron chi connectivity index (χ3n) is 1.71. The Morgan fingerprint density at radius 1 is 1.33 bits per heavy atom. The molecule has 0 atom stereocenters. The van der Waals surface area contributed by atoms with Gasteiger partial charge in [-0.1, -0.05) is 0 Å². The molecule has 0 fully saturated rings. The number of nitrogens with zero attached hydrogens (tertiary/aromatic N) is 2. The lowest BCUT2D eigenvalue weighted by Crippen LogP contribution is -1.81. The molecule has 0 aliphatic rings. The quantitative estimate of drug-likeness (QED) is 0.774. The summed E-state index contributed by atoms with van der Waals surface area (Å²) in [6, 6.07) is 5.45. The van der Waals surface area contributed by atoms with Gasteiger partial charge in [0.1, 0.15) is 5.83 Å². The summed E-state index contributed by atoms with van der Waals surface area (Å²) in [6.07, 6.45) is 4.75. The highest BCUT2D eigenvalue weighted by Gasteiger charge is 2.03. The van der Waals surface area contributed by atoms with Crippen LogP contribution < -0.4 is 0 Å². The van der Waals surface area contributed by atoms with Crippen LogP contribution in [-0.2, 0) is 0 Å². The summed E-state index contributed by atoms with van der Waals surface area (Å²) in [6.45, 7) is 3.19. The number of aromatic nitrogens is 2. The lowest BCUT2D eigenvalue weighted by molar-refractivity contribution is 0.673. The van der Waals surface area contributed by atoms with Crippen LogP contribution in [0.4, 0.5) is 4.39 Å². The maximum Gasteiger partial charge on any atom is 0.169 e. The Bertz CT molecular complexity index is 472. The highest BCUT2D eigenvalue weighted by Crippen LogP contribution is 2.26. The normalized spacial score (nSPS) is 11.7. The van der Waals surface area contributed by atoms with Crippen molar-refractivity contribution in [2.45, 2.75) is 0 Å². The molecule has 0 amide bonds. The van der Waals surface area contributed by atoms with Gasteiger partial charge in [-0.2, -0.15) is 0 Å². The molecule has 75 valence electrons. The van der Waals surface area contributed by atoms with E-state index in [0.717, 1.165) is 9.75 Å². The first kappa shape index (κ1) is 9.98. The van der Waals surface area contributed by atoms with Crippen LogP contribution in [0.15, 0.2) is 36.4 Å². The zero-order chi connectivity index (χ0) is 10.7. The Kier molecular flexibility index (Phi) is 2.87. The molecule has 2 aromatic heterocycles. The van der Waals surface area contributed by atoms with Gasteiger partial charge in [0, 0.05) is 24.2 Å². The first-order valence-corrected chi connectivity index (χ1v) is 5.14. The van der Waals surface area contributed by atoms with Gasteiger partial charge in [0.15, 0.2) is 5.82 Å². The van der Waals surface area contributed by atoms with Crippen molar-refractivity contribution in [2.24, 2.45) is 0 Å². The fraction of sp³-hybridized carbons (Fsp3) is 0. The molecule has 2 aromatic rings. The average Bonchev–Trinajstić information content (AvgIpc) is 2.67. The number of thiophene rings is 1. The molecule has 2 rings (SSSR count). The van der Waals surface area contributed by atoms with Crippen molar-refractivity contribution in [1.29, 1.82) is 0 Å². The van der Waals surface area contributed by atoms with Crippen LogP contribution in [0.5, 0.6) is 0 Å². The molecule has 2 heterocycles. The van der Waals surface area contributed by atoms with Crippen LogP contribution in [0, 0.1) is 6.92 Å². The van der Waals surface area contributed by atoms with Gasteiger partial charge in [-0.05, 0) is 24.3 Å². The molecule has 0 aliphatic heterocycles. The second-order valence-corrected chi connectivity index (χ2v) is 3.98. The number of hydrogen-bond acceptors (Lipinski definition) is 3. The fourth-order valence-corrected chi connectivity index (χ4v) is 2.04. The van der Waals surface area contributed by atoms with E-state index < -0.39 is 5.83 Å². The summed E-state index contributed by atoms with van der Waals surface area (Å²) in [5.41, 5.74) is 0. The molecule has 1 radical (unpaired) electrons. The standard InChI is InChI=1S/C11H8FN2S/c1-8(12)7-9-3-4-10(15-9)11-13-5-2-6-14-11/h2-7H,1H2/b8-7-. The predicted octanol–water partition coefficient (Wildman–Crippen LogP) is 3.35. The topological polar surface area (TPSA) is 25.8 Å². The van der Waals surface area contributed by atoms with Crippen molar-refractivity contribution in [1.82, 2.24) is 9.97 Å². The van der Waals surface area contributed by atoms with Gasteiger partial charge in [0.05, 0.1) is 4.88 Å². The van der Waals surface area contributed by atoms with Crippen molar-refractivity contribution < 1.29 is 4.39 Å². The fourth-order valence-electron chi connectivity index (χ4n) is 1.13. The molecule has 0 bridgehead atoms. The SMILES string of the molecule is [CH2]/C(F)=C/c1ccc(-c2ncccn2)s1. The Balaban J connectivity index is 2.32. The highest BCUT2D eigenvalue weighted by atomic mass is 32.1. The summed E-state index contributed by atoms with van der Waals surface area (Å²) in [4.78, 5) is 9.95. The average molecular weight is 219 g/mol. The summed E-state index contributed by atoms with van der Waals surface area (Å²) in [5.74, 6) is 0.212. The third kappa shape index (κ3) is 2.47. The van der Waals surface area contributed by atoms with E-state index in [-0.39, 0.29) is 0 Å². The van der Waals surface area contributed by atoms with Crippen molar-refractivity contribution in [3.8, 4) is 10.7 Å². The molecule has 4 heteroatoms. The molecule has 0 aliphatic carbocycles. The van der Waals surface area contributed by atoms with E-state index in [0.29, 0.717) is 5.82 Å². The molecule has 0 spiro atoms. The van der Waals surface area contributed by atoms with Crippen LogP contribution in [0.1, 0.15) is 4.88 Å². The minimum Gasteiger partial charge on any atom is -0.236 e. The van der Waals surface area contributed by atoms with E-state index in [1.807, 2.05) is 12.1 Å². The summed E-state index contributed by atoms with van der Waals surface area (Å²) < 4.78 is 12.5. The number of allylic oxidation sites excluding steroid dienone is 1. The van der Waals surface area contributed by atoms with Crippen LogP contribution in [0.3, 0.4) is 0 Å². The molecular formula is C11H8FN2S. The number of hydrogen-bond donors (Lipinski definition) is 0. The zero-order valence-electron chi connectivity index (χ0n) is 7.85. The highest BCUT2D eigenvalue weighted by molar-refractivity contribution is 7.16. The summed E-state index contributed by atoms with van der Waals surface area (Å²) in [5, 5.41) is 0. The van der Waals surface area contributed by atoms with E-state index in [4.69, 9.17) is 0 Å². The minimum atomic E-state index is -0.447. The van der Waals surface area contributed by atoms with Gasteiger partial charge in [0.2, 0.25) is 0 Å². The lowest BCUT2D eigenvalue weighted by atomic mass is 10.4. The van der Waals surface area contributed by atoms with Crippen LogP contribution in [0.25, 0.3) is 16.8 Å². The second kappa shape index (κ2) is 4.31. The molecule has 0 saturated carbocycles. The predicted molar refractivity (Wildman–Crippen MR) is 59.8 cm³/mol. The number of rotatable bonds is 2. The Morgan fingerprint density at radius 3 is 2.73 bits per heavy atom.